The topological polar surface area (TPSA) is 140 Å². The number of nitrogens with one attached hydrogen (secondary N) is 1. The van der Waals surface area contributed by atoms with E-state index in [0.29, 0.717) is 27.1 Å². The zero-order valence-electron chi connectivity index (χ0n) is 20.3. The number of fused-ring (bicyclic) bond motifs is 1. The van der Waals surface area contributed by atoms with E-state index in [1.54, 1.807) is 43.3 Å². The van der Waals surface area contributed by atoms with Crippen molar-refractivity contribution < 1.29 is 57.2 Å². The van der Waals surface area contributed by atoms with Crippen LogP contribution >= 0.6 is 23.2 Å². The van der Waals surface area contributed by atoms with E-state index in [9.17, 15) is 22.9 Å². The van der Waals surface area contributed by atoms with Gasteiger partial charge in [-0.05, 0) is 54.3 Å². The molecule has 0 aliphatic rings. The van der Waals surface area contributed by atoms with Crippen molar-refractivity contribution in [2.75, 3.05) is 12.4 Å². The van der Waals surface area contributed by atoms with Gasteiger partial charge in [-0.1, -0.05) is 53.2 Å². The number of amides is 1. The summed E-state index contributed by atoms with van der Waals surface area (Å²) in [4.78, 5) is 12.6. The number of benzene rings is 4. The number of carbonyl (C=O) groups excluding carboxylic acids is 1. The fourth-order valence-corrected chi connectivity index (χ4v) is 4.91. The number of hydrogen-bond acceptors (Lipinski definition) is 7. The predicted octanol–water partition coefficient (Wildman–Crippen LogP) is 3.46. The van der Waals surface area contributed by atoms with Crippen molar-refractivity contribution in [1.82, 2.24) is 0 Å². The van der Waals surface area contributed by atoms with Crippen molar-refractivity contribution in [1.29, 1.82) is 0 Å². The molecule has 0 fully saturated rings. The SMILES string of the molecule is COc1ccc(Cl)cc1NC(=O)c1cc2ccccc2c(N=Nc2c(Cl)cc(C)cc2S(=O)(=O)O)c1[O-].[Na+]. The molecule has 0 saturated carbocycles. The molecule has 0 aliphatic carbocycles. The summed E-state index contributed by atoms with van der Waals surface area (Å²) in [5.41, 5.74) is -0.114. The number of hydrogen-bond donors (Lipinski definition) is 2. The van der Waals surface area contributed by atoms with Gasteiger partial charge in [0.15, 0.2) is 0 Å². The van der Waals surface area contributed by atoms with Crippen molar-refractivity contribution in [3.8, 4) is 11.5 Å². The zero-order valence-corrected chi connectivity index (χ0v) is 24.6. The van der Waals surface area contributed by atoms with E-state index in [2.05, 4.69) is 15.5 Å². The van der Waals surface area contributed by atoms with Crippen molar-refractivity contribution in [3.05, 3.63) is 81.8 Å². The van der Waals surface area contributed by atoms with Crippen molar-refractivity contribution >= 4 is 67.1 Å². The number of halogens is 2. The van der Waals surface area contributed by atoms with Gasteiger partial charge < -0.3 is 15.2 Å². The van der Waals surface area contributed by atoms with Gasteiger partial charge in [-0.3, -0.25) is 9.35 Å². The molecule has 0 bridgehead atoms. The molecule has 38 heavy (non-hydrogen) atoms. The van der Waals surface area contributed by atoms with Crippen LogP contribution in [0.5, 0.6) is 11.5 Å². The van der Waals surface area contributed by atoms with Crippen LogP contribution in [0.4, 0.5) is 17.1 Å². The van der Waals surface area contributed by atoms with Crippen LogP contribution in [0.15, 0.2) is 75.8 Å². The van der Waals surface area contributed by atoms with E-state index in [1.807, 2.05) is 0 Å². The maximum Gasteiger partial charge on any atom is 1.00 e. The third-order valence-electron chi connectivity index (χ3n) is 5.33. The quantitative estimate of drug-likeness (QED) is 0.203. The monoisotopic (exact) mass is 581 g/mol. The van der Waals surface area contributed by atoms with E-state index >= 15 is 0 Å². The molecule has 0 saturated heterocycles. The number of aryl methyl sites for hydroxylation is 1. The van der Waals surface area contributed by atoms with Crippen LogP contribution in [-0.2, 0) is 10.1 Å². The Labute approximate surface area is 250 Å². The Balaban J connectivity index is 0.00000400. The van der Waals surface area contributed by atoms with Gasteiger partial charge in [0.2, 0.25) is 0 Å². The molecular formula is C25H18Cl2N3NaO6S. The smallest absolute Gasteiger partial charge is 0.870 e. The van der Waals surface area contributed by atoms with Crippen LogP contribution < -0.4 is 44.7 Å². The zero-order chi connectivity index (χ0) is 26.9. The van der Waals surface area contributed by atoms with Gasteiger partial charge in [-0.15, -0.1) is 5.11 Å². The van der Waals surface area contributed by atoms with Crippen LogP contribution in [0, 0.1) is 6.92 Å². The van der Waals surface area contributed by atoms with E-state index in [-0.39, 0.29) is 57.2 Å². The number of methoxy groups -OCH3 is 1. The van der Waals surface area contributed by atoms with E-state index in [4.69, 9.17) is 27.9 Å². The molecule has 0 aliphatic heterocycles. The molecule has 0 aromatic heterocycles. The van der Waals surface area contributed by atoms with Gasteiger partial charge >= 0.3 is 29.6 Å². The van der Waals surface area contributed by atoms with Crippen LogP contribution in [-0.4, -0.2) is 26.0 Å². The van der Waals surface area contributed by atoms with Crippen LogP contribution in [0.3, 0.4) is 0 Å². The Bertz CT molecular complexity index is 1700. The molecule has 4 aromatic carbocycles. The van der Waals surface area contributed by atoms with Gasteiger partial charge in [-0.25, -0.2) is 0 Å². The molecule has 4 aromatic rings. The Morgan fingerprint density at radius 3 is 2.39 bits per heavy atom. The first kappa shape index (κ1) is 29.9. The molecule has 4 rings (SSSR count). The summed E-state index contributed by atoms with van der Waals surface area (Å²) in [7, 11) is -3.28. The average Bonchev–Trinajstić information content (AvgIpc) is 2.83. The minimum Gasteiger partial charge on any atom is -0.870 e. The van der Waals surface area contributed by atoms with Crippen molar-refractivity contribution in [3.63, 3.8) is 0 Å². The Morgan fingerprint density at radius 2 is 1.71 bits per heavy atom. The minimum absolute atomic E-state index is 0. The van der Waals surface area contributed by atoms with E-state index in [0.717, 1.165) is 0 Å². The molecule has 0 atom stereocenters. The summed E-state index contributed by atoms with van der Waals surface area (Å²) >= 11 is 12.2. The maximum absolute atomic E-state index is 13.4. The molecule has 0 spiro atoms. The summed E-state index contributed by atoms with van der Waals surface area (Å²) < 4.78 is 38.7. The molecule has 190 valence electrons. The maximum atomic E-state index is 13.4. The number of anilines is 1. The van der Waals surface area contributed by atoms with Gasteiger partial charge in [0.05, 0.1) is 23.5 Å². The fraction of sp³-hybridized carbons (Fsp3) is 0.0800. The molecule has 0 radical (unpaired) electrons. The summed E-state index contributed by atoms with van der Waals surface area (Å²) in [6.07, 6.45) is 0. The molecule has 0 unspecified atom stereocenters. The Kier molecular flexibility index (Phi) is 9.43. The fourth-order valence-electron chi connectivity index (χ4n) is 3.64. The molecule has 2 N–H and O–H groups in total. The number of carbonyl (C=O) groups is 1. The number of azo groups is 1. The standard InChI is InChI=1S/C25H19Cl2N3O6S.Na/c1-13-9-18(27)23(21(10-13)37(33,34)35)30-29-22-16-6-4-3-5-14(16)11-17(24(22)31)25(32)28-19-12-15(26)7-8-20(19)36-2;/h3-12,31H,1-2H3,(H,28,32)(H,33,34,35);/q;+1/p-1. The third-order valence-corrected chi connectivity index (χ3v) is 6.72. The summed E-state index contributed by atoms with van der Waals surface area (Å²) in [6, 6.07) is 15.3. The number of rotatable bonds is 6. The average molecular weight is 582 g/mol. The van der Waals surface area contributed by atoms with Crippen LogP contribution in [0.1, 0.15) is 15.9 Å². The first-order chi connectivity index (χ1) is 17.5. The van der Waals surface area contributed by atoms with Gasteiger partial charge in [0.1, 0.15) is 16.3 Å². The predicted molar refractivity (Wildman–Crippen MR) is 140 cm³/mol. The molecular weight excluding hydrogens is 564 g/mol. The summed E-state index contributed by atoms with van der Waals surface area (Å²) in [5.74, 6) is -1.19. The Morgan fingerprint density at radius 1 is 1.03 bits per heavy atom. The molecule has 13 heteroatoms. The summed E-state index contributed by atoms with van der Waals surface area (Å²) in [5, 5.41) is 25.0. The first-order valence-corrected chi connectivity index (χ1v) is 12.8. The van der Waals surface area contributed by atoms with Crippen molar-refractivity contribution in [2.45, 2.75) is 11.8 Å². The second-order valence-electron chi connectivity index (χ2n) is 7.89. The van der Waals surface area contributed by atoms with E-state index in [1.165, 1.54) is 31.4 Å². The second-order valence-corrected chi connectivity index (χ2v) is 10.1. The Hall–Kier alpha value is -2.70. The van der Waals surface area contributed by atoms with Crippen LogP contribution in [0.2, 0.25) is 10.0 Å². The molecule has 9 nitrogen and oxygen atoms in total. The minimum atomic E-state index is -4.70. The van der Waals surface area contributed by atoms with E-state index < -0.39 is 26.7 Å². The summed E-state index contributed by atoms with van der Waals surface area (Å²) in [6.45, 7) is 1.59. The first-order valence-electron chi connectivity index (χ1n) is 10.6. The number of nitrogens with zero attached hydrogens (tertiary/aromatic N) is 2. The molecule has 0 heterocycles. The number of ether oxygens (including phenoxy) is 1. The van der Waals surface area contributed by atoms with Gasteiger partial charge in [0, 0.05) is 16.0 Å². The third kappa shape index (κ3) is 6.29. The van der Waals surface area contributed by atoms with Crippen molar-refractivity contribution in [2.24, 2.45) is 10.2 Å². The molecule has 1 amide bonds. The second kappa shape index (κ2) is 12.0. The van der Waals surface area contributed by atoms with Crippen LogP contribution in [0.25, 0.3) is 10.8 Å². The largest absolute Gasteiger partial charge is 1.00 e. The normalized spacial score (nSPS) is 11.4. The van der Waals surface area contributed by atoms with Gasteiger partial charge in [0.25, 0.3) is 16.0 Å². The van der Waals surface area contributed by atoms with Gasteiger partial charge in [-0.2, -0.15) is 13.5 Å².